The maximum atomic E-state index is 4.55. The summed E-state index contributed by atoms with van der Waals surface area (Å²) in [4.78, 5) is 3.73. The molecule has 0 aromatic heterocycles. The fourth-order valence-electron chi connectivity index (χ4n) is 0.182. The number of nitrogens with zero attached hydrogens (tertiary/aromatic N) is 1. The van der Waals surface area contributed by atoms with Gasteiger partial charge in [0.15, 0.2) is 0 Å². The lowest BCUT2D eigenvalue weighted by molar-refractivity contribution is 0.337. The lowest BCUT2D eigenvalue weighted by Gasteiger charge is -1.78. The maximum Gasteiger partial charge on any atom is 0.101 e. The Hall–Kier alpha value is -0.790. The van der Waals surface area contributed by atoms with Gasteiger partial charge < -0.3 is 4.74 Å². The molecular formula is C9H21NO. The molecule has 2 nitrogen and oxygen atoms in total. The molecule has 0 radical (unpaired) electrons. The van der Waals surface area contributed by atoms with E-state index >= 15 is 0 Å². The minimum Gasteiger partial charge on any atom is -0.503 e. The molecule has 0 bridgehead atoms. The van der Waals surface area contributed by atoms with Gasteiger partial charge in [0.05, 0.1) is 13.3 Å². The third-order valence-corrected chi connectivity index (χ3v) is 0.432. The van der Waals surface area contributed by atoms with E-state index in [0.29, 0.717) is 0 Å². The topological polar surface area (TPSA) is 21.6 Å². The summed E-state index contributed by atoms with van der Waals surface area (Å²) in [6, 6.07) is 0. The summed E-state index contributed by atoms with van der Waals surface area (Å²) in [5.41, 5.74) is 0. The predicted octanol–water partition coefficient (Wildman–Crippen LogP) is 3.25. The Bertz CT molecular complexity index is 77.6. The predicted molar refractivity (Wildman–Crippen MR) is 53.0 cm³/mol. The number of hydrogen-bond donors (Lipinski definition) is 0. The lowest BCUT2D eigenvalue weighted by Crippen LogP contribution is -1.61. The molecule has 0 saturated heterocycles. The molecule has 11 heavy (non-hydrogen) atoms. The summed E-state index contributed by atoms with van der Waals surface area (Å²) in [6.07, 6.45) is 4.79. The van der Waals surface area contributed by atoms with Crippen molar-refractivity contribution in [3.63, 3.8) is 0 Å². The van der Waals surface area contributed by atoms with Gasteiger partial charge in [-0.25, -0.2) is 0 Å². The second-order valence-electron chi connectivity index (χ2n) is 0.928. The number of rotatable bonds is 2. The maximum absolute atomic E-state index is 4.55. The van der Waals surface area contributed by atoms with Crippen LogP contribution in [0.15, 0.2) is 17.5 Å². The van der Waals surface area contributed by atoms with Crippen LogP contribution in [0, 0.1) is 0 Å². The Kier molecular flexibility index (Phi) is 53.0. The molecule has 0 spiro atoms. The summed E-state index contributed by atoms with van der Waals surface area (Å²) in [5, 5.41) is 0. The number of hydrogen-bond acceptors (Lipinski definition) is 2. The molecule has 0 aliphatic carbocycles. The van der Waals surface area contributed by atoms with E-state index in [2.05, 4.69) is 9.73 Å². The van der Waals surface area contributed by atoms with Crippen LogP contribution in [0.3, 0.4) is 0 Å². The average molecular weight is 159 g/mol. The van der Waals surface area contributed by atoms with Gasteiger partial charge in [-0.1, -0.05) is 27.7 Å². The van der Waals surface area contributed by atoms with E-state index < -0.39 is 0 Å². The zero-order valence-corrected chi connectivity index (χ0v) is 8.59. The van der Waals surface area contributed by atoms with E-state index in [-0.39, 0.29) is 0 Å². The molecule has 0 unspecified atom stereocenters. The first kappa shape index (κ1) is 16.7. The fraction of sp³-hybridized carbons (Fsp3) is 0.667. The van der Waals surface area contributed by atoms with E-state index in [9.17, 15) is 0 Å². The fourth-order valence-corrected chi connectivity index (χ4v) is 0.182. The van der Waals surface area contributed by atoms with Crippen molar-refractivity contribution in [2.45, 2.75) is 34.6 Å². The van der Waals surface area contributed by atoms with E-state index in [1.54, 1.807) is 19.5 Å². The normalized spacial score (nSPS) is 8.18. The summed E-state index contributed by atoms with van der Waals surface area (Å²) in [5.74, 6) is 0. The Morgan fingerprint density at radius 3 is 1.82 bits per heavy atom. The second kappa shape index (κ2) is 35.0. The minimum atomic E-state index is 1.51. The zero-order chi connectivity index (χ0) is 9.54. The molecule has 0 atom stereocenters. The van der Waals surface area contributed by atoms with Crippen molar-refractivity contribution in [2.75, 3.05) is 7.11 Å². The number of aliphatic imine (C=N–C) groups is 1. The highest BCUT2D eigenvalue weighted by Gasteiger charge is 1.55. The number of methoxy groups -OCH3 is 1. The molecule has 0 heterocycles. The second-order valence-corrected chi connectivity index (χ2v) is 0.928. The van der Waals surface area contributed by atoms with Crippen molar-refractivity contribution in [3.8, 4) is 0 Å². The van der Waals surface area contributed by atoms with Gasteiger partial charge in [0.25, 0.3) is 0 Å². The molecule has 0 aliphatic rings. The van der Waals surface area contributed by atoms with Crippen LogP contribution in [-0.2, 0) is 4.74 Å². The van der Waals surface area contributed by atoms with Crippen molar-refractivity contribution in [1.82, 2.24) is 0 Å². The van der Waals surface area contributed by atoms with Gasteiger partial charge in [-0.15, -0.1) is 0 Å². The van der Waals surface area contributed by atoms with Crippen LogP contribution in [0.5, 0.6) is 0 Å². The first-order valence-corrected chi connectivity index (χ1v) is 4.07. The van der Waals surface area contributed by atoms with Crippen LogP contribution >= 0.6 is 0 Å². The smallest absolute Gasteiger partial charge is 0.101 e. The first-order valence-electron chi connectivity index (χ1n) is 4.07. The standard InChI is InChI=1S/C5H9NO.2C2H6/c1-3-6-4-5-7-2;2*1-2/h3-5H,1-2H3;2*1-2H3/b5-4-,6-3?;;. The molecule has 0 rings (SSSR count). The Morgan fingerprint density at radius 2 is 1.55 bits per heavy atom. The molecule has 2 heteroatoms. The highest BCUT2D eigenvalue weighted by Crippen LogP contribution is 1.70. The highest BCUT2D eigenvalue weighted by molar-refractivity contribution is 5.54. The van der Waals surface area contributed by atoms with E-state index in [1.807, 2.05) is 34.6 Å². The van der Waals surface area contributed by atoms with Gasteiger partial charge in [0.2, 0.25) is 0 Å². The third-order valence-electron chi connectivity index (χ3n) is 0.432. The SMILES string of the molecule is CC.CC.CC=N/C=C\OC. The first-order chi connectivity index (χ1) is 5.41. The summed E-state index contributed by atoms with van der Waals surface area (Å²) >= 11 is 0. The molecule has 0 N–H and O–H groups in total. The van der Waals surface area contributed by atoms with Gasteiger partial charge in [0, 0.05) is 6.21 Å². The van der Waals surface area contributed by atoms with E-state index in [0.717, 1.165) is 0 Å². The van der Waals surface area contributed by atoms with Gasteiger partial charge in [0.1, 0.15) is 6.26 Å². The van der Waals surface area contributed by atoms with Crippen LogP contribution in [0.25, 0.3) is 0 Å². The van der Waals surface area contributed by atoms with Gasteiger partial charge >= 0.3 is 0 Å². The largest absolute Gasteiger partial charge is 0.503 e. The molecule has 68 valence electrons. The zero-order valence-electron chi connectivity index (χ0n) is 8.59. The monoisotopic (exact) mass is 159 g/mol. The minimum absolute atomic E-state index is 1.51. The molecule has 0 aromatic carbocycles. The summed E-state index contributed by atoms with van der Waals surface area (Å²) in [7, 11) is 1.58. The van der Waals surface area contributed by atoms with Crippen LogP contribution in [0.1, 0.15) is 34.6 Å². The Balaban J connectivity index is -0.000000138. The molecule has 0 aliphatic heterocycles. The van der Waals surface area contributed by atoms with Crippen molar-refractivity contribution < 1.29 is 4.74 Å². The number of ether oxygens (including phenoxy) is 1. The highest BCUT2D eigenvalue weighted by atomic mass is 16.5. The third kappa shape index (κ3) is 46.5. The molecule has 0 saturated carbocycles. The average Bonchev–Trinajstić information content (AvgIpc) is 2.13. The van der Waals surface area contributed by atoms with Crippen LogP contribution in [-0.4, -0.2) is 13.3 Å². The van der Waals surface area contributed by atoms with E-state index in [4.69, 9.17) is 0 Å². The molecule has 0 amide bonds. The van der Waals surface area contributed by atoms with E-state index in [1.165, 1.54) is 6.26 Å². The van der Waals surface area contributed by atoms with Crippen molar-refractivity contribution in [2.24, 2.45) is 4.99 Å². The summed E-state index contributed by atoms with van der Waals surface area (Å²) in [6.45, 7) is 9.85. The molecule has 0 aromatic rings. The Morgan fingerprint density at radius 1 is 1.09 bits per heavy atom. The quantitative estimate of drug-likeness (QED) is 0.447. The van der Waals surface area contributed by atoms with Crippen LogP contribution in [0.4, 0.5) is 0 Å². The van der Waals surface area contributed by atoms with Crippen LogP contribution in [0.2, 0.25) is 0 Å². The van der Waals surface area contributed by atoms with Gasteiger partial charge in [-0.2, -0.15) is 0 Å². The van der Waals surface area contributed by atoms with Crippen LogP contribution < -0.4 is 0 Å². The van der Waals surface area contributed by atoms with Crippen molar-refractivity contribution in [1.29, 1.82) is 0 Å². The Labute approximate surface area is 71.0 Å². The van der Waals surface area contributed by atoms with Crippen molar-refractivity contribution >= 4 is 6.21 Å². The molecular weight excluding hydrogens is 138 g/mol. The molecule has 0 fully saturated rings. The van der Waals surface area contributed by atoms with Crippen molar-refractivity contribution in [3.05, 3.63) is 12.5 Å². The lowest BCUT2D eigenvalue weighted by atomic mass is 10.8. The summed E-state index contributed by atoms with van der Waals surface area (Å²) < 4.78 is 4.55. The van der Waals surface area contributed by atoms with Gasteiger partial charge in [-0.05, 0) is 6.92 Å². The van der Waals surface area contributed by atoms with Gasteiger partial charge in [-0.3, -0.25) is 4.99 Å².